The van der Waals surface area contributed by atoms with Gasteiger partial charge in [0.05, 0.1) is 12.8 Å². The summed E-state index contributed by atoms with van der Waals surface area (Å²) in [6.45, 7) is 4.19. The molecule has 0 unspecified atom stereocenters. The van der Waals surface area contributed by atoms with E-state index in [2.05, 4.69) is 21.2 Å². The molecule has 0 atom stereocenters. The first-order valence-corrected chi connectivity index (χ1v) is 6.67. The average Bonchev–Trinajstić information content (AvgIpc) is 2.86. The monoisotopic (exact) mass is 309 g/mol. The maximum atomic E-state index is 5.71. The van der Waals surface area contributed by atoms with E-state index in [-0.39, 0.29) is 0 Å². The molecule has 0 aliphatic carbocycles. The van der Waals surface area contributed by atoms with Gasteiger partial charge in [-0.05, 0) is 36.8 Å². The zero-order chi connectivity index (χ0) is 12.8. The molecule has 18 heavy (non-hydrogen) atoms. The summed E-state index contributed by atoms with van der Waals surface area (Å²) in [5, 5.41) is 3.26. The lowest BCUT2D eigenvalue weighted by molar-refractivity contribution is 0.309. The van der Waals surface area contributed by atoms with E-state index in [4.69, 9.17) is 9.15 Å². The number of hydrogen-bond acceptors (Lipinski definition) is 3. The molecule has 0 amide bonds. The quantitative estimate of drug-likeness (QED) is 0.829. The Morgan fingerprint density at radius 3 is 3.00 bits per heavy atom. The zero-order valence-corrected chi connectivity index (χ0v) is 11.9. The number of halogens is 1. The third-order valence-corrected chi connectivity index (χ3v) is 3.06. The fraction of sp³-hybridized carbons (Fsp3) is 0.286. The highest BCUT2D eigenvalue weighted by molar-refractivity contribution is 9.10. The third kappa shape index (κ3) is 3.89. The van der Waals surface area contributed by atoms with Gasteiger partial charge in [-0.25, -0.2) is 0 Å². The van der Waals surface area contributed by atoms with E-state index >= 15 is 0 Å². The lowest BCUT2D eigenvalue weighted by atomic mass is 10.2. The maximum absolute atomic E-state index is 5.71. The van der Waals surface area contributed by atoms with Crippen LogP contribution in [0.4, 0.5) is 0 Å². The van der Waals surface area contributed by atoms with Crippen LogP contribution < -0.4 is 10.1 Å². The first-order chi connectivity index (χ1) is 8.75. The van der Waals surface area contributed by atoms with E-state index in [1.54, 1.807) is 6.26 Å². The molecule has 2 aromatic rings. The lowest BCUT2D eigenvalue weighted by Crippen LogP contribution is -2.20. The highest BCUT2D eigenvalue weighted by Gasteiger charge is 2.00. The minimum absolute atomic E-state index is 0.637. The molecule has 0 aliphatic heterocycles. The summed E-state index contributed by atoms with van der Waals surface area (Å²) in [6.07, 6.45) is 1.68. The lowest BCUT2D eigenvalue weighted by Gasteiger charge is -2.09. The highest BCUT2D eigenvalue weighted by Crippen LogP contribution is 2.22. The molecule has 1 N–H and O–H groups in total. The molecule has 1 aromatic heterocycles. The van der Waals surface area contributed by atoms with Crippen LogP contribution in [0.2, 0.25) is 0 Å². The van der Waals surface area contributed by atoms with E-state index in [0.29, 0.717) is 6.61 Å². The van der Waals surface area contributed by atoms with Crippen LogP contribution in [0.15, 0.2) is 45.5 Å². The Kier molecular flexibility index (Phi) is 4.84. The second-order valence-electron chi connectivity index (χ2n) is 4.01. The fourth-order valence-corrected chi connectivity index (χ4v) is 1.93. The highest BCUT2D eigenvalue weighted by atomic mass is 79.9. The van der Waals surface area contributed by atoms with Crippen molar-refractivity contribution in [3.05, 3.63) is 52.4 Å². The van der Waals surface area contributed by atoms with Crippen molar-refractivity contribution in [2.24, 2.45) is 0 Å². The number of rotatable bonds is 6. The van der Waals surface area contributed by atoms with Gasteiger partial charge in [-0.15, -0.1) is 0 Å². The van der Waals surface area contributed by atoms with Crippen LogP contribution in [-0.4, -0.2) is 13.2 Å². The van der Waals surface area contributed by atoms with Crippen LogP contribution in [0, 0.1) is 6.92 Å². The van der Waals surface area contributed by atoms with Gasteiger partial charge < -0.3 is 14.5 Å². The van der Waals surface area contributed by atoms with Gasteiger partial charge in [-0.3, -0.25) is 0 Å². The molecule has 2 rings (SSSR count). The van der Waals surface area contributed by atoms with Crippen molar-refractivity contribution < 1.29 is 9.15 Å². The van der Waals surface area contributed by atoms with Crippen molar-refractivity contribution in [2.75, 3.05) is 13.2 Å². The van der Waals surface area contributed by atoms with Gasteiger partial charge in [0.2, 0.25) is 0 Å². The standard InChI is InChI=1S/C14H16BrNO2/c1-11-4-5-12(15)9-14(11)18-8-6-16-10-13-3-2-7-17-13/h2-5,7,9,16H,6,8,10H2,1H3. The minimum Gasteiger partial charge on any atom is -0.492 e. The molecule has 96 valence electrons. The van der Waals surface area contributed by atoms with E-state index in [9.17, 15) is 0 Å². The average molecular weight is 310 g/mol. The Labute approximate surface area is 115 Å². The van der Waals surface area contributed by atoms with Crippen molar-refractivity contribution in [3.63, 3.8) is 0 Å². The van der Waals surface area contributed by atoms with Gasteiger partial charge in [0, 0.05) is 11.0 Å². The summed E-state index contributed by atoms with van der Waals surface area (Å²) >= 11 is 3.44. The van der Waals surface area contributed by atoms with Gasteiger partial charge in [-0.2, -0.15) is 0 Å². The van der Waals surface area contributed by atoms with Gasteiger partial charge in [0.25, 0.3) is 0 Å². The van der Waals surface area contributed by atoms with Crippen LogP contribution in [0.5, 0.6) is 5.75 Å². The SMILES string of the molecule is Cc1ccc(Br)cc1OCCNCc1ccco1. The molecule has 0 saturated carbocycles. The first kappa shape index (κ1) is 13.2. The topological polar surface area (TPSA) is 34.4 Å². The molecule has 4 heteroatoms. The molecule has 1 aromatic carbocycles. The molecular weight excluding hydrogens is 294 g/mol. The Bertz CT molecular complexity index is 483. The molecule has 0 radical (unpaired) electrons. The predicted molar refractivity (Wildman–Crippen MR) is 74.8 cm³/mol. The number of hydrogen-bond donors (Lipinski definition) is 1. The van der Waals surface area contributed by atoms with Crippen LogP contribution in [0.3, 0.4) is 0 Å². The Morgan fingerprint density at radius 2 is 2.22 bits per heavy atom. The van der Waals surface area contributed by atoms with Gasteiger partial charge in [0.1, 0.15) is 18.1 Å². The predicted octanol–water partition coefficient (Wildman–Crippen LogP) is 3.52. The Hall–Kier alpha value is -1.26. The summed E-state index contributed by atoms with van der Waals surface area (Å²) in [5.41, 5.74) is 1.14. The number of benzene rings is 1. The molecule has 0 aliphatic rings. The van der Waals surface area contributed by atoms with Crippen molar-refractivity contribution in [1.82, 2.24) is 5.32 Å². The summed E-state index contributed by atoms with van der Waals surface area (Å²) in [4.78, 5) is 0. The largest absolute Gasteiger partial charge is 0.492 e. The van der Waals surface area contributed by atoms with Gasteiger partial charge in [0.15, 0.2) is 0 Å². The molecular formula is C14H16BrNO2. The Morgan fingerprint density at radius 1 is 1.33 bits per heavy atom. The maximum Gasteiger partial charge on any atom is 0.123 e. The number of aryl methyl sites for hydroxylation is 1. The summed E-state index contributed by atoms with van der Waals surface area (Å²) in [7, 11) is 0. The van der Waals surface area contributed by atoms with Crippen molar-refractivity contribution in [1.29, 1.82) is 0 Å². The number of furan rings is 1. The van der Waals surface area contributed by atoms with Crippen LogP contribution in [-0.2, 0) is 6.54 Å². The van der Waals surface area contributed by atoms with E-state index < -0.39 is 0 Å². The Balaban J connectivity index is 1.70. The second kappa shape index (κ2) is 6.61. The molecule has 0 fully saturated rings. The second-order valence-corrected chi connectivity index (χ2v) is 4.93. The number of ether oxygens (including phenoxy) is 1. The summed E-state index contributed by atoms with van der Waals surface area (Å²) < 4.78 is 12.0. The van der Waals surface area contributed by atoms with Crippen molar-refractivity contribution in [3.8, 4) is 5.75 Å². The van der Waals surface area contributed by atoms with Gasteiger partial charge in [-0.1, -0.05) is 22.0 Å². The van der Waals surface area contributed by atoms with E-state index in [1.807, 2.05) is 37.3 Å². The molecule has 0 bridgehead atoms. The van der Waals surface area contributed by atoms with E-state index in [1.165, 1.54) is 0 Å². The third-order valence-electron chi connectivity index (χ3n) is 2.57. The fourth-order valence-electron chi connectivity index (χ4n) is 1.59. The molecule has 3 nitrogen and oxygen atoms in total. The first-order valence-electron chi connectivity index (χ1n) is 5.88. The zero-order valence-electron chi connectivity index (χ0n) is 10.3. The number of nitrogens with one attached hydrogen (secondary N) is 1. The summed E-state index contributed by atoms with van der Waals surface area (Å²) in [6, 6.07) is 9.87. The van der Waals surface area contributed by atoms with E-state index in [0.717, 1.165) is 34.6 Å². The smallest absolute Gasteiger partial charge is 0.123 e. The van der Waals surface area contributed by atoms with Crippen molar-refractivity contribution in [2.45, 2.75) is 13.5 Å². The van der Waals surface area contributed by atoms with Crippen LogP contribution >= 0.6 is 15.9 Å². The summed E-state index contributed by atoms with van der Waals surface area (Å²) in [5.74, 6) is 1.86. The van der Waals surface area contributed by atoms with Crippen molar-refractivity contribution >= 4 is 15.9 Å². The van der Waals surface area contributed by atoms with Crippen LogP contribution in [0.25, 0.3) is 0 Å². The molecule has 1 heterocycles. The molecule has 0 spiro atoms. The van der Waals surface area contributed by atoms with Crippen LogP contribution in [0.1, 0.15) is 11.3 Å². The molecule has 0 saturated heterocycles. The van der Waals surface area contributed by atoms with Gasteiger partial charge >= 0.3 is 0 Å². The normalized spacial score (nSPS) is 10.6. The minimum atomic E-state index is 0.637.